The number of hydrogen-bond acceptors (Lipinski definition) is 4. The number of amides is 2. The van der Waals surface area contributed by atoms with Crippen molar-refractivity contribution in [1.29, 1.82) is 0 Å². The van der Waals surface area contributed by atoms with Crippen LogP contribution in [0.2, 0.25) is 0 Å². The topological polar surface area (TPSA) is 101 Å². The molecule has 6 nitrogen and oxygen atoms in total. The first kappa shape index (κ1) is 16.5. The van der Waals surface area contributed by atoms with E-state index in [1.807, 2.05) is 12.1 Å². The zero-order valence-corrected chi connectivity index (χ0v) is 12.8. The van der Waals surface area contributed by atoms with Crippen LogP contribution < -0.4 is 16.8 Å². The van der Waals surface area contributed by atoms with Crippen molar-refractivity contribution in [2.24, 2.45) is 11.5 Å². The molecule has 1 aromatic rings. The monoisotopic (exact) mass is 304 g/mol. The van der Waals surface area contributed by atoms with Crippen molar-refractivity contribution < 1.29 is 9.59 Å². The molecule has 1 aliphatic rings. The van der Waals surface area contributed by atoms with Crippen molar-refractivity contribution in [3.63, 3.8) is 0 Å². The summed E-state index contributed by atoms with van der Waals surface area (Å²) in [7, 11) is 0. The van der Waals surface area contributed by atoms with Gasteiger partial charge in [0, 0.05) is 13.1 Å². The van der Waals surface area contributed by atoms with Crippen LogP contribution in [0.5, 0.6) is 0 Å². The summed E-state index contributed by atoms with van der Waals surface area (Å²) in [5.74, 6) is -0.936. The molecule has 1 aromatic carbocycles. The van der Waals surface area contributed by atoms with E-state index in [1.165, 1.54) is 31.5 Å². The standard InChI is InChI=1S/C16H24N4O2/c17-14(9-15(18)21)16(22)19-10-12-3-5-13(6-4-12)11-20-7-1-2-8-20/h3-6,14H,1-2,7-11,17H2,(H2,18,21)(H,19,22). The molecule has 0 aliphatic carbocycles. The van der Waals surface area contributed by atoms with Crippen molar-refractivity contribution in [1.82, 2.24) is 10.2 Å². The third kappa shape index (κ3) is 5.13. The van der Waals surface area contributed by atoms with Gasteiger partial charge in [0.25, 0.3) is 0 Å². The molecular weight excluding hydrogens is 280 g/mol. The van der Waals surface area contributed by atoms with Crippen LogP contribution in [-0.4, -0.2) is 35.8 Å². The van der Waals surface area contributed by atoms with Crippen molar-refractivity contribution in [2.45, 2.75) is 38.4 Å². The Kier molecular flexibility index (Phi) is 5.91. The Morgan fingerprint density at radius 3 is 2.32 bits per heavy atom. The highest BCUT2D eigenvalue weighted by molar-refractivity contribution is 5.87. The first-order valence-corrected chi connectivity index (χ1v) is 7.66. The number of likely N-dealkylation sites (tertiary alicyclic amines) is 1. The van der Waals surface area contributed by atoms with Gasteiger partial charge in [0.05, 0.1) is 12.5 Å². The summed E-state index contributed by atoms with van der Waals surface area (Å²) in [6, 6.07) is 7.30. The molecular formula is C16H24N4O2. The van der Waals surface area contributed by atoms with Crippen LogP contribution in [0.25, 0.3) is 0 Å². The van der Waals surface area contributed by atoms with Crippen molar-refractivity contribution >= 4 is 11.8 Å². The second kappa shape index (κ2) is 7.91. The van der Waals surface area contributed by atoms with Gasteiger partial charge in [-0.3, -0.25) is 14.5 Å². The number of rotatable bonds is 7. The van der Waals surface area contributed by atoms with E-state index < -0.39 is 11.9 Å². The van der Waals surface area contributed by atoms with Gasteiger partial charge in [0.1, 0.15) is 0 Å². The van der Waals surface area contributed by atoms with E-state index in [0.717, 1.165) is 12.1 Å². The van der Waals surface area contributed by atoms with Crippen LogP contribution >= 0.6 is 0 Å². The number of benzene rings is 1. The van der Waals surface area contributed by atoms with Gasteiger partial charge >= 0.3 is 0 Å². The van der Waals surface area contributed by atoms with E-state index in [0.29, 0.717) is 6.54 Å². The lowest BCUT2D eigenvalue weighted by molar-refractivity contribution is -0.126. The summed E-state index contributed by atoms with van der Waals surface area (Å²) in [6.45, 7) is 3.73. The van der Waals surface area contributed by atoms with Crippen LogP contribution in [0, 0.1) is 0 Å². The quantitative estimate of drug-likeness (QED) is 0.665. The molecule has 6 heteroatoms. The molecule has 0 radical (unpaired) electrons. The Morgan fingerprint density at radius 1 is 1.14 bits per heavy atom. The second-order valence-electron chi connectivity index (χ2n) is 5.79. The molecule has 1 saturated heterocycles. The van der Waals surface area contributed by atoms with Gasteiger partial charge in [-0.2, -0.15) is 0 Å². The molecule has 2 rings (SSSR count). The minimum absolute atomic E-state index is 0.138. The summed E-state index contributed by atoms with van der Waals surface area (Å²) in [4.78, 5) is 24.9. The number of hydrogen-bond donors (Lipinski definition) is 3. The molecule has 5 N–H and O–H groups in total. The van der Waals surface area contributed by atoms with E-state index in [-0.39, 0.29) is 12.3 Å². The van der Waals surface area contributed by atoms with Crippen molar-refractivity contribution in [2.75, 3.05) is 13.1 Å². The number of nitrogens with zero attached hydrogens (tertiary/aromatic N) is 1. The Hall–Kier alpha value is -1.92. The van der Waals surface area contributed by atoms with E-state index in [1.54, 1.807) is 0 Å². The summed E-state index contributed by atoms with van der Waals surface area (Å²) < 4.78 is 0. The number of carbonyl (C=O) groups excluding carboxylic acids is 2. The molecule has 0 aromatic heterocycles. The highest BCUT2D eigenvalue weighted by Gasteiger charge is 2.15. The highest BCUT2D eigenvalue weighted by Crippen LogP contribution is 2.13. The van der Waals surface area contributed by atoms with Crippen LogP contribution in [0.3, 0.4) is 0 Å². The third-order valence-electron chi connectivity index (χ3n) is 3.85. The summed E-state index contributed by atoms with van der Waals surface area (Å²) in [5, 5.41) is 2.71. The van der Waals surface area contributed by atoms with Gasteiger partial charge in [-0.05, 0) is 37.1 Å². The third-order valence-corrected chi connectivity index (χ3v) is 3.85. The zero-order valence-electron chi connectivity index (χ0n) is 12.8. The average Bonchev–Trinajstić information content (AvgIpc) is 2.98. The highest BCUT2D eigenvalue weighted by atomic mass is 16.2. The van der Waals surface area contributed by atoms with E-state index in [4.69, 9.17) is 11.5 Å². The molecule has 1 aliphatic heterocycles. The molecule has 1 atom stereocenters. The fourth-order valence-corrected chi connectivity index (χ4v) is 2.59. The van der Waals surface area contributed by atoms with E-state index >= 15 is 0 Å². The fourth-order valence-electron chi connectivity index (χ4n) is 2.59. The molecule has 120 valence electrons. The number of nitrogens with one attached hydrogen (secondary N) is 1. The maximum absolute atomic E-state index is 11.7. The molecule has 2 amide bonds. The van der Waals surface area contributed by atoms with E-state index in [9.17, 15) is 9.59 Å². The smallest absolute Gasteiger partial charge is 0.237 e. The summed E-state index contributed by atoms with van der Waals surface area (Å²) >= 11 is 0. The number of carbonyl (C=O) groups is 2. The minimum atomic E-state index is -0.882. The first-order chi connectivity index (χ1) is 10.5. The van der Waals surface area contributed by atoms with Crippen LogP contribution in [0.1, 0.15) is 30.4 Å². The van der Waals surface area contributed by atoms with Gasteiger partial charge in [-0.15, -0.1) is 0 Å². The SMILES string of the molecule is NC(=O)CC(N)C(=O)NCc1ccc(CN2CCCC2)cc1. The van der Waals surface area contributed by atoms with E-state index in [2.05, 4.69) is 22.3 Å². The number of primary amides is 1. The second-order valence-corrected chi connectivity index (χ2v) is 5.79. The number of nitrogens with two attached hydrogens (primary N) is 2. The molecule has 1 heterocycles. The maximum atomic E-state index is 11.7. The largest absolute Gasteiger partial charge is 0.370 e. The lowest BCUT2D eigenvalue weighted by Crippen LogP contribution is -2.42. The zero-order chi connectivity index (χ0) is 15.9. The predicted molar refractivity (Wildman–Crippen MR) is 84.6 cm³/mol. The molecule has 1 unspecified atom stereocenters. The normalized spacial score (nSPS) is 16.4. The fraction of sp³-hybridized carbons (Fsp3) is 0.500. The summed E-state index contributed by atoms with van der Waals surface area (Å²) in [6.07, 6.45) is 2.44. The van der Waals surface area contributed by atoms with Crippen LogP contribution in [0.15, 0.2) is 24.3 Å². The molecule has 0 spiro atoms. The average molecular weight is 304 g/mol. The van der Waals surface area contributed by atoms with Gasteiger partial charge in [0.2, 0.25) is 11.8 Å². The maximum Gasteiger partial charge on any atom is 0.237 e. The molecule has 0 bridgehead atoms. The lowest BCUT2D eigenvalue weighted by Gasteiger charge is -2.15. The van der Waals surface area contributed by atoms with Crippen molar-refractivity contribution in [3.05, 3.63) is 35.4 Å². The van der Waals surface area contributed by atoms with Gasteiger partial charge in [-0.25, -0.2) is 0 Å². The minimum Gasteiger partial charge on any atom is -0.370 e. The Labute approximate surface area is 130 Å². The van der Waals surface area contributed by atoms with Gasteiger partial charge in [0.15, 0.2) is 0 Å². The first-order valence-electron chi connectivity index (χ1n) is 7.66. The van der Waals surface area contributed by atoms with Crippen molar-refractivity contribution in [3.8, 4) is 0 Å². The van der Waals surface area contributed by atoms with Gasteiger partial charge < -0.3 is 16.8 Å². The Morgan fingerprint density at radius 2 is 1.73 bits per heavy atom. The Bertz CT molecular complexity index is 509. The van der Waals surface area contributed by atoms with Gasteiger partial charge in [-0.1, -0.05) is 24.3 Å². The predicted octanol–water partition coefficient (Wildman–Crippen LogP) is 0.101. The lowest BCUT2D eigenvalue weighted by atomic mass is 10.1. The molecule has 0 saturated carbocycles. The summed E-state index contributed by atoms with van der Waals surface area (Å²) in [5.41, 5.74) is 12.9. The van der Waals surface area contributed by atoms with Crippen LogP contribution in [0.4, 0.5) is 0 Å². The Balaban J connectivity index is 1.78. The van der Waals surface area contributed by atoms with Crippen LogP contribution in [-0.2, 0) is 22.7 Å². The molecule has 22 heavy (non-hydrogen) atoms. The molecule has 1 fully saturated rings.